The van der Waals surface area contributed by atoms with Gasteiger partial charge in [-0.15, -0.1) is 0 Å². The van der Waals surface area contributed by atoms with E-state index in [9.17, 15) is 24.6 Å². The molecule has 0 aliphatic heterocycles. The van der Waals surface area contributed by atoms with Crippen LogP contribution in [0.25, 0.3) is 0 Å². The molecule has 0 amide bonds. The molecule has 11 nitrogen and oxygen atoms in total. The van der Waals surface area contributed by atoms with Gasteiger partial charge in [-0.1, -0.05) is 42.5 Å². The molecule has 0 radical (unpaired) electrons. The van der Waals surface area contributed by atoms with Crippen molar-refractivity contribution in [3.8, 4) is 41.3 Å². The lowest BCUT2D eigenvalue weighted by Gasteiger charge is -2.12. The Balaban J connectivity index is 1.09. The molecule has 252 valence electrons. The van der Waals surface area contributed by atoms with Gasteiger partial charge < -0.3 is 34.0 Å². The van der Waals surface area contributed by atoms with Crippen LogP contribution in [0.1, 0.15) is 36.6 Å². The van der Waals surface area contributed by atoms with E-state index in [1.54, 1.807) is 48.5 Å². The Hall–Kier alpha value is -6.42. The number of aromatic carboxylic acids is 2. The van der Waals surface area contributed by atoms with Crippen molar-refractivity contribution in [2.45, 2.75) is 16.4 Å². The Morgan fingerprint density at radius 1 is 0.620 bits per heavy atom. The first kappa shape index (κ1) is 34.9. The van der Waals surface area contributed by atoms with Crippen LogP contribution < -0.4 is 23.8 Å². The van der Waals surface area contributed by atoms with E-state index in [0.29, 0.717) is 29.4 Å². The third-order valence-electron chi connectivity index (χ3n) is 6.76. The van der Waals surface area contributed by atoms with E-state index in [1.165, 1.54) is 30.0 Å². The topological polar surface area (TPSA) is 147 Å². The Morgan fingerprint density at radius 3 is 1.84 bits per heavy atom. The van der Waals surface area contributed by atoms with Gasteiger partial charge in [0.1, 0.15) is 48.9 Å². The van der Waals surface area contributed by atoms with E-state index in [1.807, 2.05) is 48.6 Å². The molecule has 0 saturated carbocycles. The van der Waals surface area contributed by atoms with Gasteiger partial charge >= 0.3 is 17.9 Å². The average molecular weight is 693 g/mol. The molecule has 0 bridgehead atoms. The van der Waals surface area contributed by atoms with Crippen molar-refractivity contribution in [1.29, 1.82) is 0 Å². The Morgan fingerprint density at radius 2 is 1.20 bits per heavy atom. The van der Waals surface area contributed by atoms with Crippen LogP contribution in [0.3, 0.4) is 0 Å². The van der Waals surface area contributed by atoms with Crippen LogP contribution in [0.2, 0.25) is 0 Å². The zero-order valence-corrected chi connectivity index (χ0v) is 27.0. The number of para-hydroxylation sites is 1. The van der Waals surface area contributed by atoms with Crippen LogP contribution in [0.5, 0.6) is 28.7 Å². The standard InChI is InChI=1S/C38H28O11S/c1-2-44-29-14-19-33(35(23-29)37(41)42)38(43)48-27-10-15-31(16-11-27)50-32-17-12-28(13-18-32)49-47-24-25-8-9-30(22-34(25)36(39)40)46-21-20-45-26-6-4-3-5-7-26/h1,3-19,22-23H,20-21,24H2,(H,39,40)(H,41,42). The first-order chi connectivity index (χ1) is 24.3. The average Bonchev–Trinajstić information content (AvgIpc) is 3.12. The second kappa shape index (κ2) is 17.1. The molecule has 50 heavy (non-hydrogen) atoms. The van der Waals surface area contributed by atoms with E-state index in [2.05, 4.69) is 0 Å². The first-order valence-corrected chi connectivity index (χ1v) is 15.7. The minimum Gasteiger partial charge on any atom is -0.490 e. The Kier molecular flexibility index (Phi) is 11.9. The summed E-state index contributed by atoms with van der Waals surface area (Å²) >= 11 is 1.44. The molecule has 0 aliphatic rings. The second-order valence-electron chi connectivity index (χ2n) is 10.1. The van der Waals surface area contributed by atoms with Crippen molar-refractivity contribution < 1.29 is 53.3 Å². The molecule has 0 saturated heterocycles. The lowest BCUT2D eigenvalue weighted by molar-refractivity contribution is -0.217. The summed E-state index contributed by atoms with van der Waals surface area (Å²) < 4.78 is 21.5. The zero-order chi connectivity index (χ0) is 35.3. The minimum atomic E-state index is -1.33. The highest BCUT2D eigenvalue weighted by Crippen LogP contribution is 2.31. The van der Waals surface area contributed by atoms with Gasteiger partial charge in [0.15, 0.2) is 5.75 Å². The first-order valence-electron chi connectivity index (χ1n) is 14.9. The van der Waals surface area contributed by atoms with E-state index in [4.69, 9.17) is 35.1 Å². The molecule has 0 atom stereocenters. The van der Waals surface area contributed by atoms with Gasteiger partial charge in [0, 0.05) is 9.79 Å². The third-order valence-corrected chi connectivity index (χ3v) is 7.77. The number of carbonyl (C=O) groups excluding carboxylic acids is 1. The highest BCUT2D eigenvalue weighted by atomic mass is 32.2. The van der Waals surface area contributed by atoms with E-state index >= 15 is 0 Å². The number of carboxylic acids is 2. The summed E-state index contributed by atoms with van der Waals surface area (Å²) in [6.45, 7) is 0.418. The minimum absolute atomic E-state index is 0.0254. The van der Waals surface area contributed by atoms with Gasteiger partial charge in [-0.05, 0) is 96.6 Å². The number of carbonyl (C=O) groups is 3. The van der Waals surface area contributed by atoms with Crippen molar-refractivity contribution in [2.24, 2.45) is 0 Å². The zero-order valence-electron chi connectivity index (χ0n) is 26.1. The smallest absolute Gasteiger partial charge is 0.344 e. The molecule has 0 spiro atoms. The summed E-state index contributed by atoms with van der Waals surface area (Å²) in [6.07, 6.45) is 7.03. The van der Waals surface area contributed by atoms with Crippen LogP contribution in [-0.2, 0) is 11.5 Å². The summed E-state index contributed by atoms with van der Waals surface area (Å²) in [7, 11) is 0. The molecular formula is C38H28O11S. The maximum absolute atomic E-state index is 12.7. The Labute approximate surface area is 290 Å². The highest BCUT2D eigenvalue weighted by Gasteiger charge is 2.20. The molecule has 5 rings (SSSR count). The normalized spacial score (nSPS) is 10.4. The van der Waals surface area contributed by atoms with Gasteiger partial charge in [0.05, 0.1) is 16.7 Å². The van der Waals surface area contributed by atoms with Crippen molar-refractivity contribution >= 4 is 29.7 Å². The van der Waals surface area contributed by atoms with Crippen molar-refractivity contribution in [2.75, 3.05) is 13.2 Å². The fourth-order valence-corrected chi connectivity index (χ4v) is 5.23. The second-order valence-corrected chi connectivity index (χ2v) is 11.3. The summed E-state index contributed by atoms with van der Waals surface area (Å²) in [5.74, 6) is -1.46. The number of hydrogen-bond donors (Lipinski definition) is 2. The third kappa shape index (κ3) is 9.80. The molecule has 0 unspecified atom stereocenters. The van der Waals surface area contributed by atoms with Crippen LogP contribution in [-0.4, -0.2) is 41.3 Å². The fraction of sp³-hybridized carbons (Fsp3) is 0.0789. The molecule has 0 aliphatic carbocycles. The predicted molar refractivity (Wildman–Crippen MR) is 181 cm³/mol. The maximum atomic E-state index is 12.7. The molecule has 0 aromatic heterocycles. The summed E-state index contributed by atoms with van der Waals surface area (Å²) in [6, 6.07) is 31.5. The van der Waals surface area contributed by atoms with Gasteiger partial charge in [-0.2, -0.15) is 4.89 Å². The van der Waals surface area contributed by atoms with Crippen LogP contribution in [0, 0.1) is 12.5 Å². The molecule has 2 N–H and O–H groups in total. The van der Waals surface area contributed by atoms with Gasteiger partial charge in [-0.3, -0.25) is 0 Å². The molecule has 5 aromatic rings. The monoisotopic (exact) mass is 692 g/mol. The van der Waals surface area contributed by atoms with Crippen molar-refractivity contribution in [1.82, 2.24) is 0 Å². The van der Waals surface area contributed by atoms with Gasteiger partial charge in [0.25, 0.3) is 0 Å². The number of carboxylic acid groups (broad SMARTS) is 2. The highest BCUT2D eigenvalue weighted by molar-refractivity contribution is 7.99. The van der Waals surface area contributed by atoms with Crippen LogP contribution in [0.4, 0.5) is 0 Å². The molecule has 5 aromatic carbocycles. The lowest BCUT2D eigenvalue weighted by atomic mass is 10.1. The summed E-state index contributed by atoms with van der Waals surface area (Å²) in [4.78, 5) is 48.6. The lowest BCUT2D eigenvalue weighted by Crippen LogP contribution is -2.14. The molecular weight excluding hydrogens is 664 g/mol. The van der Waals surface area contributed by atoms with Gasteiger partial charge in [0.2, 0.25) is 0 Å². The molecule has 0 heterocycles. The largest absolute Gasteiger partial charge is 0.490 e. The quantitative estimate of drug-likeness (QED) is 0.0265. The Bertz CT molecular complexity index is 1990. The SMILES string of the molecule is C#COc1ccc(C(=O)Oc2ccc(Sc3ccc(OOCc4ccc(OCCOc5ccccc5)cc4C(=O)O)cc3)cc2)c(C(=O)O)c1. The summed E-state index contributed by atoms with van der Waals surface area (Å²) in [5.41, 5.74) is -0.0314. The summed E-state index contributed by atoms with van der Waals surface area (Å²) in [5, 5.41) is 19.2. The molecule has 0 fully saturated rings. The number of rotatable bonds is 16. The van der Waals surface area contributed by atoms with Crippen molar-refractivity contribution in [3.63, 3.8) is 0 Å². The van der Waals surface area contributed by atoms with Crippen LogP contribution >= 0.6 is 11.8 Å². The van der Waals surface area contributed by atoms with E-state index in [0.717, 1.165) is 15.9 Å². The number of ether oxygens (including phenoxy) is 4. The molecule has 12 heteroatoms. The number of terminal acetylenes is 1. The van der Waals surface area contributed by atoms with E-state index < -0.39 is 17.9 Å². The van der Waals surface area contributed by atoms with E-state index in [-0.39, 0.29) is 41.4 Å². The van der Waals surface area contributed by atoms with Crippen molar-refractivity contribution in [3.05, 3.63) is 138 Å². The number of hydrogen-bond acceptors (Lipinski definition) is 10. The maximum Gasteiger partial charge on any atom is 0.344 e. The van der Waals surface area contributed by atoms with Gasteiger partial charge in [-0.25, -0.2) is 14.4 Å². The van der Waals surface area contributed by atoms with Crippen LogP contribution in [0.15, 0.2) is 125 Å². The number of esters is 1. The predicted octanol–water partition coefficient (Wildman–Crippen LogP) is 7.39. The number of benzene rings is 5. The fourth-order valence-electron chi connectivity index (χ4n) is 4.41.